The molecule has 0 unspecified atom stereocenters. The Kier molecular flexibility index (Phi) is 6.38. The fraction of sp³-hybridized carbons (Fsp3) is 1.00. The van der Waals surface area contributed by atoms with Crippen LogP contribution in [0.5, 0.6) is 0 Å². The molecule has 0 rings (SSSR count). The molecule has 0 amide bonds. The average molecular weight is 284 g/mol. The van der Waals surface area contributed by atoms with Crippen molar-refractivity contribution in [1.29, 1.82) is 0 Å². The Morgan fingerprint density at radius 3 is 1.72 bits per heavy atom. The standard InChI is InChI=1S/C9H14F6O3/c1-3-7(8(10,11)12,9(13,14)15)18-6-17-5-4-16-2/h3-6H2,1-2H3. The van der Waals surface area contributed by atoms with Gasteiger partial charge in [-0.15, -0.1) is 0 Å². The van der Waals surface area contributed by atoms with Crippen LogP contribution in [-0.2, 0) is 14.2 Å². The summed E-state index contributed by atoms with van der Waals surface area (Å²) >= 11 is 0. The fourth-order valence-electron chi connectivity index (χ4n) is 1.17. The number of methoxy groups -OCH3 is 1. The summed E-state index contributed by atoms with van der Waals surface area (Å²) in [6.45, 7) is -0.487. The molecule has 0 aromatic heterocycles. The Hall–Kier alpha value is -0.540. The summed E-state index contributed by atoms with van der Waals surface area (Å²) in [6, 6.07) is 0. The van der Waals surface area contributed by atoms with Gasteiger partial charge in [0, 0.05) is 7.11 Å². The predicted molar refractivity (Wildman–Crippen MR) is 48.9 cm³/mol. The van der Waals surface area contributed by atoms with Crippen LogP contribution in [0.15, 0.2) is 0 Å². The van der Waals surface area contributed by atoms with E-state index in [0.717, 1.165) is 6.92 Å². The second-order valence-electron chi connectivity index (χ2n) is 3.34. The molecule has 0 atom stereocenters. The molecule has 0 aromatic carbocycles. The van der Waals surface area contributed by atoms with Gasteiger partial charge in [0.2, 0.25) is 0 Å². The van der Waals surface area contributed by atoms with Gasteiger partial charge in [-0.3, -0.25) is 0 Å². The second-order valence-corrected chi connectivity index (χ2v) is 3.34. The second kappa shape index (κ2) is 6.58. The predicted octanol–water partition coefficient (Wildman–Crippen LogP) is 2.90. The molecule has 0 N–H and O–H groups in total. The quantitative estimate of drug-likeness (QED) is 0.409. The molecule has 0 fully saturated rings. The number of rotatable bonds is 7. The molecule has 110 valence electrons. The molecule has 0 saturated carbocycles. The van der Waals surface area contributed by atoms with Gasteiger partial charge in [-0.2, -0.15) is 26.3 Å². The zero-order valence-corrected chi connectivity index (χ0v) is 9.82. The molecular formula is C9H14F6O3. The van der Waals surface area contributed by atoms with Crippen LogP contribution in [0.25, 0.3) is 0 Å². The van der Waals surface area contributed by atoms with Crippen LogP contribution in [0.1, 0.15) is 13.3 Å². The topological polar surface area (TPSA) is 27.7 Å². The number of hydrogen-bond acceptors (Lipinski definition) is 3. The SMILES string of the molecule is CCC(OCOCCOC)(C(F)(F)F)C(F)(F)F. The molecule has 3 nitrogen and oxygen atoms in total. The van der Waals surface area contributed by atoms with Crippen molar-refractivity contribution in [1.82, 2.24) is 0 Å². The van der Waals surface area contributed by atoms with Crippen molar-refractivity contribution >= 4 is 0 Å². The molecule has 0 aliphatic carbocycles. The van der Waals surface area contributed by atoms with E-state index in [9.17, 15) is 26.3 Å². The lowest BCUT2D eigenvalue weighted by molar-refractivity contribution is -0.394. The van der Waals surface area contributed by atoms with Crippen LogP contribution in [0.4, 0.5) is 26.3 Å². The van der Waals surface area contributed by atoms with E-state index in [0.29, 0.717) is 0 Å². The third kappa shape index (κ3) is 3.99. The fourth-order valence-corrected chi connectivity index (χ4v) is 1.17. The van der Waals surface area contributed by atoms with E-state index in [1.54, 1.807) is 0 Å². The Bertz CT molecular complexity index is 223. The van der Waals surface area contributed by atoms with Crippen LogP contribution in [-0.4, -0.2) is 45.1 Å². The maximum Gasteiger partial charge on any atom is 0.426 e. The van der Waals surface area contributed by atoms with Crippen molar-refractivity contribution in [3.05, 3.63) is 0 Å². The van der Waals surface area contributed by atoms with Crippen molar-refractivity contribution in [3.63, 3.8) is 0 Å². The largest absolute Gasteiger partial charge is 0.426 e. The molecule has 0 heterocycles. The zero-order chi connectivity index (χ0) is 14.4. The van der Waals surface area contributed by atoms with Gasteiger partial charge < -0.3 is 14.2 Å². The number of alkyl halides is 6. The lowest BCUT2D eigenvalue weighted by Gasteiger charge is -2.35. The van der Waals surface area contributed by atoms with Gasteiger partial charge >= 0.3 is 12.4 Å². The first-order chi connectivity index (χ1) is 8.12. The maximum absolute atomic E-state index is 12.5. The van der Waals surface area contributed by atoms with Crippen molar-refractivity contribution in [2.45, 2.75) is 31.3 Å². The minimum atomic E-state index is -5.56. The van der Waals surface area contributed by atoms with E-state index in [-0.39, 0.29) is 13.2 Å². The molecule has 18 heavy (non-hydrogen) atoms. The van der Waals surface area contributed by atoms with Crippen LogP contribution in [0.2, 0.25) is 0 Å². The molecule has 0 radical (unpaired) electrons. The van der Waals surface area contributed by atoms with Crippen LogP contribution >= 0.6 is 0 Å². The van der Waals surface area contributed by atoms with Crippen LogP contribution in [0.3, 0.4) is 0 Å². The smallest absolute Gasteiger partial charge is 0.382 e. The normalized spacial score (nSPS) is 14.0. The van der Waals surface area contributed by atoms with Gasteiger partial charge in [0.1, 0.15) is 6.79 Å². The first kappa shape index (κ1) is 17.5. The van der Waals surface area contributed by atoms with Gasteiger partial charge in [0.25, 0.3) is 5.60 Å². The monoisotopic (exact) mass is 284 g/mol. The lowest BCUT2D eigenvalue weighted by atomic mass is 9.99. The van der Waals surface area contributed by atoms with Crippen molar-refractivity contribution in [2.75, 3.05) is 27.1 Å². The third-order valence-electron chi connectivity index (χ3n) is 2.23. The minimum Gasteiger partial charge on any atom is -0.382 e. The highest BCUT2D eigenvalue weighted by Gasteiger charge is 2.71. The molecule has 0 bridgehead atoms. The summed E-state index contributed by atoms with van der Waals surface area (Å²) in [5.41, 5.74) is -4.20. The maximum atomic E-state index is 12.5. The summed E-state index contributed by atoms with van der Waals surface area (Å²) in [6.07, 6.45) is -12.4. The molecule has 0 aromatic rings. The Labute approximate surface area is 100.0 Å². The Morgan fingerprint density at radius 2 is 1.39 bits per heavy atom. The van der Waals surface area contributed by atoms with E-state index in [2.05, 4.69) is 14.2 Å². The molecular weight excluding hydrogens is 270 g/mol. The average Bonchev–Trinajstić information content (AvgIpc) is 2.19. The first-order valence-corrected chi connectivity index (χ1v) is 4.96. The van der Waals surface area contributed by atoms with Gasteiger partial charge in [-0.1, -0.05) is 6.92 Å². The highest BCUT2D eigenvalue weighted by Crippen LogP contribution is 2.47. The van der Waals surface area contributed by atoms with Gasteiger partial charge in [0.15, 0.2) is 0 Å². The zero-order valence-electron chi connectivity index (χ0n) is 9.82. The summed E-state index contributed by atoms with van der Waals surface area (Å²) in [5.74, 6) is 0. The van der Waals surface area contributed by atoms with Crippen molar-refractivity contribution in [3.8, 4) is 0 Å². The first-order valence-electron chi connectivity index (χ1n) is 4.96. The molecule has 0 spiro atoms. The van der Waals surface area contributed by atoms with Crippen LogP contribution in [0, 0.1) is 0 Å². The highest BCUT2D eigenvalue weighted by molar-refractivity contribution is 4.94. The Balaban J connectivity index is 4.69. The number of halogens is 6. The van der Waals surface area contributed by atoms with Crippen molar-refractivity contribution < 1.29 is 40.6 Å². The van der Waals surface area contributed by atoms with Crippen LogP contribution < -0.4 is 0 Å². The molecule has 0 aliphatic heterocycles. The summed E-state index contributed by atoms with van der Waals surface area (Å²) < 4.78 is 88.0. The van der Waals surface area contributed by atoms with Crippen molar-refractivity contribution in [2.24, 2.45) is 0 Å². The number of ether oxygens (including phenoxy) is 3. The molecule has 9 heteroatoms. The summed E-state index contributed by atoms with van der Waals surface area (Å²) in [4.78, 5) is 0. The van der Waals surface area contributed by atoms with Gasteiger partial charge in [-0.25, -0.2) is 0 Å². The van der Waals surface area contributed by atoms with Gasteiger partial charge in [-0.05, 0) is 6.42 Å². The molecule has 0 saturated heterocycles. The summed E-state index contributed by atoms with van der Waals surface area (Å²) in [5, 5.41) is 0. The number of hydrogen-bond donors (Lipinski definition) is 0. The summed E-state index contributed by atoms with van der Waals surface area (Å²) in [7, 11) is 1.31. The third-order valence-corrected chi connectivity index (χ3v) is 2.23. The lowest BCUT2D eigenvalue weighted by Crippen LogP contribution is -2.58. The van der Waals surface area contributed by atoms with E-state index >= 15 is 0 Å². The minimum absolute atomic E-state index is 0.0422. The van der Waals surface area contributed by atoms with E-state index in [4.69, 9.17) is 0 Å². The van der Waals surface area contributed by atoms with E-state index in [1.807, 2.05) is 0 Å². The highest BCUT2D eigenvalue weighted by atomic mass is 19.4. The van der Waals surface area contributed by atoms with Gasteiger partial charge in [0.05, 0.1) is 13.2 Å². The van der Waals surface area contributed by atoms with E-state index < -0.39 is 31.2 Å². The Morgan fingerprint density at radius 1 is 0.889 bits per heavy atom. The molecule has 0 aliphatic rings. The van der Waals surface area contributed by atoms with E-state index in [1.165, 1.54) is 7.11 Å².